The van der Waals surface area contributed by atoms with Crippen molar-refractivity contribution in [3.63, 3.8) is 0 Å². The molecule has 0 radical (unpaired) electrons. The Bertz CT molecular complexity index is 1170. The first-order chi connectivity index (χ1) is 15.8. The normalized spacial score (nSPS) is 21.9. The highest BCUT2D eigenvalue weighted by Gasteiger charge is 2.48. The van der Waals surface area contributed by atoms with E-state index < -0.39 is 23.5 Å². The van der Waals surface area contributed by atoms with Gasteiger partial charge in [0.15, 0.2) is 5.82 Å². The molecule has 1 saturated carbocycles. The maximum absolute atomic E-state index is 14.8. The number of nitrogens with zero attached hydrogens (tertiary/aromatic N) is 5. The van der Waals surface area contributed by atoms with Crippen molar-refractivity contribution in [3.05, 3.63) is 66.0 Å². The second-order valence-corrected chi connectivity index (χ2v) is 8.14. The molecule has 7 nitrogen and oxygen atoms in total. The number of hydrogen-bond acceptors (Lipinski definition) is 6. The van der Waals surface area contributed by atoms with Crippen LogP contribution in [0.1, 0.15) is 28.8 Å². The third kappa shape index (κ3) is 3.98. The minimum atomic E-state index is -4.52. The van der Waals surface area contributed by atoms with Crippen LogP contribution in [0.2, 0.25) is 0 Å². The van der Waals surface area contributed by atoms with Gasteiger partial charge in [-0.3, -0.25) is 4.79 Å². The maximum atomic E-state index is 14.8. The number of hydrogen-bond donors (Lipinski definition) is 1. The fraction of sp³-hybridized carbons (Fsp3) is 0.318. The molecule has 1 aliphatic carbocycles. The second kappa shape index (κ2) is 8.05. The highest BCUT2D eigenvalue weighted by molar-refractivity contribution is 6.00. The van der Waals surface area contributed by atoms with Gasteiger partial charge in [-0.2, -0.15) is 13.2 Å². The van der Waals surface area contributed by atoms with E-state index in [4.69, 9.17) is 0 Å². The molecular formula is C22H18F4N6O. The number of piperidine rings is 1. The molecule has 1 N–H and O–H groups in total. The highest BCUT2D eigenvalue weighted by Crippen LogP contribution is 2.40. The van der Waals surface area contributed by atoms with E-state index in [0.717, 1.165) is 12.4 Å². The van der Waals surface area contributed by atoms with Crippen LogP contribution in [0.25, 0.3) is 11.4 Å². The van der Waals surface area contributed by atoms with Crippen LogP contribution in [-0.4, -0.2) is 49.4 Å². The third-order valence-electron chi connectivity index (χ3n) is 6.07. The summed E-state index contributed by atoms with van der Waals surface area (Å²) in [6, 6.07) is 5.43. The number of halogens is 4. The van der Waals surface area contributed by atoms with E-state index in [1.54, 1.807) is 17.0 Å². The Kier molecular flexibility index (Phi) is 5.18. The van der Waals surface area contributed by atoms with Gasteiger partial charge in [0.25, 0.3) is 5.91 Å². The van der Waals surface area contributed by atoms with Gasteiger partial charge in [0.2, 0.25) is 5.95 Å². The summed E-state index contributed by atoms with van der Waals surface area (Å²) in [5.74, 6) is -0.643. The molecule has 2 aliphatic rings. The van der Waals surface area contributed by atoms with Crippen LogP contribution in [0.4, 0.5) is 23.5 Å². The number of nitrogens with one attached hydrogen (secondary N) is 1. The van der Waals surface area contributed by atoms with E-state index >= 15 is 0 Å². The summed E-state index contributed by atoms with van der Waals surface area (Å²) in [5.41, 5.74) is -0.729. The molecular weight excluding hydrogens is 440 g/mol. The molecule has 2 aromatic heterocycles. The first-order valence-electron chi connectivity index (χ1n) is 10.3. The summed E-state index contributed by atoms with van der Waals surface area (Å²) < 4.78 is 53.1. The molecule has 5 rings (SSSR count). The summed E-state index contributed by atoms with van der Waals surface area (Å²) in [7, 11) is 0. The molecule has 33 heavy (non-hydrogen) atoms. The van der Waals surface area contributed by atoms with Gasteiger partial charge in [-0.25, -0.2) is 24.3 Å². The second-order valence-electron chi connectivity index (χ2n) is 8.14. The number of carbonyl (C=O) groups is 1. The monoisotopic (exact) mass is 458 g/mol. The summed E-state index contributed by atoms with van der Waals surface area (Å²) in [5, 5.41) is 3.05. The first-order valence-corrected chi connectivity index (χ1v) is 10.3. The van der Waals surface area contributed by atoms with Gasteiger partial charge in [0, 0.05) is 42.9 Å². The van der Waals surface area contributed by atoms with Gasteiger partial charge in [0.1, 0.15) is 5.82 Å². The Morgan fingerprint density at radius 1 is 1.03 bits per heavy atom. The lowest BCUT2D eigenvalue weighted by Crippen LogP contribution is -2.48. The van der Waals surface area contributed by atoms with Crippen molar-refractivity contribution in [1.29, 1.82) is 0 Å². The summed E-state index contributed by atoms with van der Waals surface area (Å²) >= 11 is 0. The predicted octanol–water partition coefficient (Wildman–Crippen LogP) is 3.81. The first kappa shape index (κ1) is 21.2. The summed E-state index contributed by atoms with van der Waals surface area (Å²) in [4.78, 5) is 30.9. The number of aromatic nitrogens is 4. The predicted molar refractivity (Wildman–Crippen MR) is 109 cm³/mol. The molecule has 1 aromatic carbocycles. The summed E-state index contributed by atoms with van der Waals surface area (Å²) in [6.07, 6.45) is 1.37. The third-order valence-corrected chi connectivity index (χ3v) is 6.07. The van der Waals surface area contributed by atoms with Crippen molar-refractivity contribution in [3.8, 4) is 11.4 Å². The largest absolute Gasteiger partial charge is 0.419 e. The molecule has 1 aliphatic heterocycles. The highest BCUT2D eigenvalue weighted by atomic mass is 19.4. The zero-order valence-electron chi connectivity index (χ0n) is 17.1. The lowest BCUT2D eigenvalue weighted by Gasteiger charge is -2.34. The van der Waals surface area contributed by atoms with Gasteiger partial charge < -0.3 is 10.2 Å². The molecule has 11 heteroatoms. The molecule has 2 unspecified atom stereocenters. The van der Waals surface area contributed by atoms with E-state index in [-0.39, 0.29) is 35.3 Å². The van der Waals surface area contributed by atoms with Gasteiger partial charge in [-0.1, -0.05) is 12.1 Å². The van der Waals surface area contributed by atoms with Crippen molar-refractivity contribution < 1.29 is 22.4 Å². The smallest absolute Gasteiger partial charge is 0.349 e. The SMILES string of the molecule is O=C(c1c(F)cccc1-c1ncccn1)N1CC2CC1[C@@H](Nc1ncc(C(F)(F)F)cn1)C2. The van der Waals surface area contributed by atoms with Crippen LogP contribution in [0.3, 0.4) is 0 Å². The molecule has 3 heterocycles. The molecule has 0 spiro atoms. The van der Waals surface area contributed by atoms with Crippen LogP contribution in [0.5, 0.6) is 0 Å². The number of amides is 1. The van der Waals surface area contributed by atoms with Gasteiger partial charge in [0.05, 0.1) is 17.2 Å². The van der Waals surface area contributed by atoms with Crippen molar-refractivity contribution in [2.75, 3.05) is 11.9 Å². The van der Waals surface area contributed by atoms with Gasteiger partial charge in [-0.05, 0) is 30.9 Å². The van der Waals surface area contributed by atoms with Crippen LogP contribution in [0.15, 0.2) is 49.1 Å². The lowest BCUT2D eigenvalue weighted by atomic mass is 10.0. The minimum absolute atomic E-state index is 0.0530. The van der Waals surface area contributed by atoms with E-state index in [2.05, 4.69) is 25.3 Å². The summed E-state index contributed by atoms with van der Waals surface area (Å²) in [6.45, 7) is 0.471. The minimum Gasteiger partial charge on any atom is -0.349 e. The Morgan fingerprint density at radius 2 is 1.76 bits per heavy atom. The molecule has 2 bridgehead atoms. The standard InChI is InChI=1S/C22H18F4N6O/c23-15-4-1-3-14(19-27-5-2-6-28-19)18(15)20(33)32-11-12-7-16(17(32)8-12)31-21-29-9-13(10-30-21)22(24,25)26/h1-6,9-10,12,16-17H,7-8,11H2,(H,29,30,31)/t12?,16-,17?/m0/s1. The molecule has 2 fully saturated rings. The molecule has 3 aromatic rings. The Morgan fingerprint density at radius 3 is 2.42 bits per heavy atom. The molecule has 1 saturated heterocycles. The Hall–Kier alpha value is -3.63. The van der Waals surface area contributed by atoms with E-state index in [0.29, 0.717) is 24.9 Å². The van der Waals surface area contributed by atoms with E-state index in [9.17, 15) is 22.4 Å². The van der Waals surface area contributed by atoms with Crippen LogP contribution >= 0.6 is 0 Å². The van der Waals surface area contributed by atoms with E-state index in [1.165, 1.54) is 24.5 Å². The molecule has 1 amide bonds. The van der Waals surface area contributed by atoms with Crippen LogP contribution in [0, 0.1) is 11.7 Å². The number of likely N-dealkylation sites (tertiary alicyclic amines) is 1. The Labute approximate surface area is 185 Å². The average Bonchev–Trinajstić information content (AvgIpc) is 3.39. The quantitative estimate of drug-likeness (QED) is 0.599. The lowest BCUT2D eigenvalue weighted by molar-refractivity contribution is -0.138. The van der Waals surface area contributed by atoms with Crippen molar-refractivity contribution >= 4 is 11.9 Å². The number of alkyl halides is 3. The van der Waals surface area contributed by atoms with Crippen molar-refractivity contribution in [2.24, 2.45) is 5.92 Å². The zero-order chi connectivity index (χ0) is 23.2. The molecule has 170 valence electrons. The maximum Gasteiger partial charge on any atom is 0.419 e. The van der Waals surface area contributed by atoms with Crippen LogP contribution < -0.4 is 5.32 Å². The van der Waals surface area contributed by atoms with Crippen molar-refractivity contribution in [1.82, 2.24) is 24.8 Å². The van der Waals surface area contributed by atoms with Crippen molar-refractivity contribution in [2.45, 2.75) is 31.1 Å². The zero-order valence-corrected chi connectivity index (χ0v) is 17.1. The van der Waals surface area contributed by atoms with Crippen LogP contribution in [-0.2, 0) is 6.18 Å². The number of anilines is 1. The molecule has 3 atom stereocenters. The number of carbonyl (C=O) groups excluding carboxylic acids is 1. The fourth-order valence-corrected chi connectivity index (χ4v) is 4.64. The number of rotatable bonds is 4. The fourth-order valence-electron chi connectivity index (χ4n) is 4.64. The average molecular weight is 458 g/mol. The number of benzene rings is 1. The van der Waals surface area contributed by atoms with Gasteiger partial charge >= 0.3 is 6.18 Å². The topological polar surface area (TPSA) is 83.9 Å². The van der Waals surface area contributed by atoms with Gasteiger partial charge in [-0.15, -0.1) is 0 Å². The number of fused-ring (bicyclic) bond motifs is 2. The Balaban J connectivity index is 1.38. The van der Waals surface area contributed by atoms with E-state index in [1.807, 2.05) is 0 Å².